The summed E-state index contributed by atoms with van der Waals surface area (Å²) in [6, 6.07) is 0. The first-order valence-electron chi connectivity index (χ1n) is 7.16. The predicted molar refractivity (Wildman–Crippen MR) is 64.6 cm³/mol. The number of esters is 1. The number of ketones is 1. The van der Waals surface area contributed by atoms with Gasteiger partial charge in [0, 0.05) is 11.8 Å². The van der Waals surface area contributed by atoms with E-state index in [0.717, 1.165) is 19.3 Å². The maximum atomic E-state index is 12.3. The summed E-state index contributed by atoms with van der Waals surface area (Å²) in [7, 11) is 0. The van der Waals surface area contributed by atoms with E-state index in [1.54, 1.807) is 0 Å². The van der Waals surface area contributed by atoms with Crippen molar-refractivity contribution < 1.29 is 14.3 Å². The van der Waals surface area contributed by atoms with Crippen LogP contribution in [0.2, 0.25) is 0 Å². The second kappa shape index (κ2) is 3.00. The molecule has 0 radical (unpaired) electrons. The SMILES string of the molecule is CC1(C)C[C@@]23[C@@H]4COC(=O)[C@H]2CC[C@H]1[C@@H]3CC4=O. The smallest absolute Gasteiger partial charge is 0.309 e. The number of carbonyl (C=O) groups is 2. The van der Waals surface area contributed by atoms with E-state index in [1.807, 2.05) is 0 Å². The molecule has 0 N–H and O–H groups in total. The van der Waals surface area contributed by atoms with Gasteiger partial charge in [0.25, 0.3) is 0 Å². The second-order valence-electron chi connectivity index (χ2n) is 7.47. The Bertz CT molecular complexity index is 451. The van der Waals surface area contributed by atoms with Crippen LogP contribution in [0.1, 0.15) is 39.5 Å². The van der Waals surface area contributed by atoms with Crippen LogP contribution in [-0.4, -0.2) is 18.4 Å². The zero-order valence-electron chi connectivity index (χ0n) is 11.1. The highest BCUT2D eigenvalue weighted by Gasteiger charge is 2.72. The highest BCUT2D eigenvalue weighted by molar-refractivity contribution is 5.89. The van der Waals surface area contributed by atoms with E-state index >= 15 is 0 Å². The van der Waals surface area contributed by atoms with E-state index < -0.39 is 0 Å². The van der Waals surface area contributed by atoms with Crippen molar-refractivity contribution in [2.24, 2.45) is 34.5 Å². The Labute approximate surface area is 107 Å². The summed E-state index contributed by atoms with van der Waals surface area (Å²) >= 11 is 0. The van der Waals surface area contributed by atoms with Crippen LogP contribution < -0.4 is 0 Å². The lowest BCUT2D eigenvalue weighted by atomic mass is 9.58. The summed E-state index contributed by atoms with van der Waals surface area (Å²) in [5, 5.41) is 0. The topological polar surface area (TPSA) is 43.4 Å². The normalized spacial score (nSPS) is 52.1. The van der Waals surface area contributed by atoms with Crippen LogP contribution in [0.4, 0.5) is 0 Å². The third-order valence-electron chi connectivity index (χ3n) is 6.49. The first-order chi connectivity index (χ1) is 8.47. The Morgan fingerprint density at radius 3 is 2.67 bits per heavy atom. The largest absolute Gasteiger partial charge is 0.465 e. The molecule has 4 aliphatic rings. The van der Waals surface area contributed by atoms with Crippen molar-refractivity contribution in [3.8, 4) is 0 Å². The van der Waals surface area contributed by atoms with Gasteiger partial charge in [0.05, 0.1) is 11.8 Å². The summed E-state index contributed by atoms with van der Waals surface area (Å²) in [4.78, 5) is 24.4. The molecule has 3 nitrogen and oxygen atoms in total. The van der Waals surface area contributed by atoms with Crippen molar-refractivity contribution >= 4 is 11.8 Å². The average Bonchev–Trinajstić information content (AvgIpc) is 2.60. The molecule has 3 aliphatic carbocycles. The van der Waals surface area contributed by atoms with Gasteiger partial charge in [-0.2, -0.15) is 0 Å². The van der Waals surface area contributed by atoms with Gasteiger partial charge < -0.3 is 4.74 Å². The minimum atomic E-state index is -0.0289. The van der Waals surface area contributed by atoms with E-state index in [-0.39, 0.29) is 28.6 Å². The molecule has 4 fully saturated rings. The van der Waals surface area contributed by atoms with Gasteiger partial charge in [-0.1, -0.05) is 13.8 Å². The molecule has 98 valence electrons. The third-order valence-corrected chi connectivity index (χ3v) is 6.49. The van der Waals surface area contributed by atoms with Crippen LogP contribution in [0, 0.1) is 34.5 Å². The molecule has 1 spiro atoms. The molecule has 1 heterocycles. The summed E-state index contributed by atoms with van der Waals surface area (Å²) < 4.78 is 5.30. The minimum absolute atomic E-state index is 0.00530. The lowest BCUT2D eigenvalue weighted by Crippen LogP contribution is -2.51. The first kappa shape index (κ1) is 11.0. The molecular formula is C15H20O3. The lowest BCUT2D eigenvalue weighted by Gasteiger charge is -2.47. The molecule has 0 aromatic rings. The molecule has 0 unspecified atom stereocenters. The molecule has 18 heavy (non-hydrogen) atoms. The lowest BCUT2D eigenvalue weighted by molar-refractivity contribution is -0.175. The second-order valence-corrected chi connectivity index (χ2v) is 7.47. The highest BCUT2D eigenvalue weighted by atomic mass is 16.5. The number of hydrogen-bond donors (Lipinski definition) is 0. The standard InChI is InChI=1S/C15H20O3/c1-14(2)7-15-9-4-3-8(14)10(15)5-12(16)11(15)6-18-13(9)17/h8-11H,3-7H2,1-2H3/t8-,9+,10-,11+,15+/m0/s1. The van der Waals surface area contributed by atoms with E-state index in [1.165, 1.54) is 0 Å². The predicted octanol–water partition coefficient (Wildman–Crippen LogP) is 2.19. The monoisotopic (exact) mass is 248 g/mol. The molecule has 0 aromatic heterocycles. The molecule has 3 heteroatoms. The quantitative estimate of drug-likeness (QED) is 0.617. The van der Waals surface area contributed by atoms with Crippen LogP contribution in [0.15, 0.2) is 0 Å². The molecule has 0 amide bonds. The van der Waals surface area contributed by atoms with Crippen LogP contribution in [0.3, 0.4) is 0 Å². The fourth-order valence-electron chi connectivity index (χ4n) is 6.03. The fraction of sp³-hybridized carbons (Fsp3) is 0.867. The fourth-order valence-corrected chi connectivity index (χ4v) is 6.03. The zero-order valence-corrected chi connectivity index (χ0v) is 11.1. The molecule has 1 saturated heterocycles. The zero-order chi connectivity index (χ0) is 12.7. The summed E-state index contributed by atoms with van der Waals surface area (Å²) in [6.07, 6.45) is 3.78. The van der Waals surface area contributed by atoms with Crippen LogP contribution >= 0.6 is 0 Å². The summed E-state index contributed by atoms with van der Waals surface area (Å²) in [5.41, 5.74) is 0.259. The van der Waals surface area contributed by atoms with Crippen molar-refractivity contribution in [2.75, 3.05) is 6.61 Å². The summed E-state index contributed by atoms with van der Waals surface area (Å²) in [6.45, 7) is 5.01. The molecule has 0 aromatic carbocycles. The van der Waals surface area contributed by atoms with Crippen molar-refractivity contribution in [3.05, 3.63) is 0 Å². The van der Waals surface area contributed by atoms with Crippen molar-refractivity contribution in [2.45, 2.75) is 39.5 Å². The molecule has 4 rings (SSSR count). The maximum absolute atomic E-state index is 12.3. The Balaban J connectivity index is 1.90. The Kier molecular flexibility index (Phi) is 1.83. The van der Waals surface area contributed by atoms with Gasteiger partial charge in [-0.05, 0) is 36.5 Å². The first-order valence-corrected chi connectivity index (χ1v) is 7.16. The average molecular weight is 248 g/mol. The van der Waals surface area contributed by atoms with Gasteiger partial charge in [-0.25, -0.2) is 0 Å². The Morgan fingerprint density at radius 2 is 1.89 bits per heavy atom. The number of rotatable bonds is 0. The number of cyclic esters (lactones) is 1. The number of ether oxygens (including phenoxy) is 1. The van der Waals surface area contributed by atoms with E-state index in [4.69, 9.17) is 4.74 Å². The van der Waals surface area contributed by atoms with Crippen LogP contribution in [-0.2, 0) is 14.3 Å². The van der Waals surface area contributed by atoms with Crippen LogP contribution in [0.25, 0.3) is 0 Å². The Morgan fingerprint density at radius 1 is 1.11 bits per heavy atom. The summed E-state index contributed by atoms with van der Waals surface area (Å²) in [5.74, 6) is 1.44. The van der Waals surface area contributed by atoms with Gasteiger partial charge in [0.15, 0.2) is 0 Å². The third kappa shape index (κ3) is 0.996. The Hall–Kier alpha value is -0.860. The number of carbonyl (C=O) groups excluding carboxylic acids is 2. The number of Topliss-reactive ketones (excluding diaryl/α,β-unsaturated/α-hetero) is 1. The maximum Gasteiger partial charge on any atom is 0.309 e. The van der Waals surface area contributed by atoms with E-state index in [0.29, 0.717) is 30.6 Å². The molecule has 1 aliphatic heterocycles. The van der Waals surface area contributed by atoms with E-state index in [9.17, 15) is 9.59 Å². The van der Waals surface area contributed by atoms with Gasteiger partial charge in [0.1, 0.15) is 12.4 Å². The van der Waals surface area contributed by atoms with Gasteiger partial charge >= 0.3 is 5.97 Å². The molecule has 5 atom stereocenters. The van der Waals surface area contributed by atoms with Gasteiger partial charge in [-0.15, -0.1) is 0 Å². The highest BCUT2D eigenvalue weighted by Crippen LogP contribution is 2.73. The van der Waals surface area contributed by atoms with Crippen molar-refractivity contribution in [3.63, 3.8) is 0 Å². The van der Waals surface area contributed by atoms with Crippen molar-refractivity contribution in [1.82, 2.24) is 0 Å². The van der Waals surface area contributed by atoms with Crippen LogP contribution in [0.5, 0.6) is 0 Å². The minimum Gasteiger partial charge on any atom is -0.465 e. The van der Waals surface area contributed by atoms with Crippen molar-refractivity contribution in [1.29, 1.82) is 0 Å². The molecule has 2 bridgehead atoms. The van der Waals surface area contributed by atoms with Gasteiger partial charge in [0.2, 0.25) is 0 Å². The molecule has 3 saturated carbocycles. The van der Waals surface area contributed by atoms with Gasteiger partial charge in [-0.3, -0.25) is 9.59 Å². The number of hydrogen-bond acceptors (Lipinski definition) is 3. The molecular weight excluding hydrogens is 228 g/mol. The van der Waals surface area contributed by atoms with E-state index in [2.05, 4.69) is 13.8 Å².